The lowest BCUT2D eigenvalue weighted by Gasteiger charge is -2.10. The Morgan fingerprint density at radius 1 is 1.06 bits per heavy atom. The van der Waals surface area contributed by atoms with Gasteiger partial charge in [0.05, 0.1) is 7.11 Å². The van der Waals surface area contributed by atoms with E-state index in [9.17, 15) is 9.59 Å². The first-order chi connectivity index (χ1) is 15.5. The second kappa shape index (κ2) is 9.26. The second-order valence-electron chi connectivity index (χ2n) is 7.35. The van der Waals surface area contributed by atoms with Gasteiger partial charge in [-0.1, -0.05) is 29.8 Å². The van der Waals surface area contributed by atoms with E-state index in [0.29, 0.717) is 17.7 Å². The summed E-state index contributed by atoms with van der Waals surface area (Å²) in [6, 6.07) is 17.2. The molecule has 0 atom stereocenters. The fourth-order valence-corrected chi connectivity index (χ4v) is 3.26. The molecule has 0 unspecified atom stereocenters. The number of carbonyl (C=O) groups is 2. The minimum absolute atomic E-state index is 0.207. The molecule has 0 aliphatic heterocycles. The number of amides is 1. The van der Waals surface area contributed by atoms with Crippen LogP contribution in [-0.2, 0) is 16.1 Å². The van der Waals surface area contributed by atoms with Crippen LogP contribution in [0.4, 0.5) is 0 Å². The molecule has 4 aromatic rings. The maximum atomic E-state index is 12.9. The van der Waals surface area contributed by atoms with Crippen molar-refractivity contribution in [3.63, 3.8) is 0 Å². The van der Waals surface area contributed by atoms with Gasteiger partial charge in [0.25, 0.3) is 5.91 Å². The third kappa shape index (κ3) is 4.89. The van der Waals surface area contributed by atoms with Gasteiger partial charge in [0.15, 0.2) is 5.65 Å². The van der Waals surface area contributed by atoms with E-state index in [1.165, 1.54) is 25.1 Å². The maximum Gasteiger partial charge on any atom is 0.330 e. The minimum atomic E-state index is -0.468. The molecule has 2 aromatic heterocycles. The van der Waals surface area contributed by atoms with Gasteiger partial charge in [0.2, 0.25) is 0 Å². The Balaban J connectivity index is 1.65. The van der Waals surface area contributed by atoms with Crippen LogP contribution in [0.5, 0.6) is 0 Å². The van der Waals surface area contributed by atoms with Crippen molar-refractivity contribution in [2.45, 2.75) is 13.5 Å². The van der Waals surface area contributed by atoms with E-state index >= 15 is 0 Å². The number of nitrogens with one attached hydrogen (secondary N) is 1. The molecule has 2 heterocycles. The quantitative estimate of drug-likeness (QED) is 0.374. The van der Waals surface area contributed by atoms with Crippen LogP contribution in [0, 0.1) is 6.92 Å². The third-order valence-electron chi connectivity index (χ3n) is 5.01. The molecule has 0 aliphatic carbocycles. The van der Waals surface area contributed by atoms with Crippen molar-refractivity contribution in [1.82, 2.24) is 19.9 Å². The van der Waals surface area contributed by atoms with E-state index in [1.54, 1.807) is 16.7 Å². The van der Waals surface area contributed by atoms with E-state index in [4.69, 9.17) is 0 Å². The van der Waals surface area contributed by atoms with Crippen LogP contribution in [0.15, 0.2) is 73.2 Å². The lowest BCUT2D eigenvalue weighted by molar-refractivity contribution is -0.134. The summed E-state index contributed by atoms with van der Waals surface area (Å²) >= 11 is 0. The number of aryl methyl sites for hydroxylation is 1. The monoisotopic (exact) mass is 426 g/mol. The zero-order valence-electron chi connectivity index (χ0n) is 17.8. The summed E-state index contributed by atoms with van der Waals surface area (Å²) in [7, 11) is 1.32. The molecule has 2 aromatic carbocycles. The van der Waals surface area contributed by atoms with Gasteiger partial charge >= 0.3 is 5.97 Å². The Kier molecular flexibility index (Phi) is 6.07. The summed E-state index contributed by atoms with van der Waals surface area (Å²) in [6.45, 7) is 2.44. The highest BCUT2D eigenvalue weighted by Gasteiger charge is 2.11. The van der Waals surface area contributed by atoms with Crippen LogP contribution in [0.2, 0.25) is 0 Å². The number of methoxy groups -OCH3 is 1. The van der Waals surface area contributed by atoms with Crippen molar-refractivity contribution in [2.75, 3.05) is 7.11 Å². The Morgan fingerprint density at radius 3 is 2.66 bits per heavy atom. The first-order valence-corrected chi connectivity index (χ1v) is 10.1. The first-order valence-electron chi connectivity index (χ1n) is 10.1. The summed E-state index contributed by atoms with van der Waals surface area (Å²) in [4.78, 5) is 28.6. The Labute approximate surface area is 185 Å². The number of pyridine rings is 1. The summed E-state index contributed by atoms with van der Waals surface area (Å²) in [6.07, 6.45) is 6.28. The topological polar surface area (TPSA) is 85.6 Å². The van der Waals surface area contributed by atoms with Gasteiger partial charge in [-0.25, -0.2) is 14.3 Å². The number of rotatable bonds is 6. The molecule has 0 radical (unpaired) electrons. The molecule has 1 amide bonds. The van der Waals surface area contributed by atoms with Gasteiger partial charge in [-0.15, -0.1) is 0 Å². The van der Waals surface area contributed by atoms with Gasteiger partial charge in [-0.2, -0.15) is 5.10 Å². The van der Waals surface area contributed by atoms with Crippen LogP contribution in [-0.4, -0.2) is 33.6 Å². The highest BCUT2D eigenvalue weighted by atomic mass is 16.5. The fraction of sp³-hybridized carbons (Fsp3) is 0.120. The van der Waals surface area contributed by atoms with Gasteiger partial charge in [0, 0.05) is 29.9 Å². The molecule has 7 nitrogen and oxygen atoms in total. The van der Waals surface area contributed by atoms with E-state index in [-0.39, 0.29) is 5.91 Å². The predicted molar refractivity (Wildman–Crippen MR) is 122 cm³/mol. The SMILES string of the molecule is COC(=O)/C=C/c1cc(C(=O)NCc2ccc(C)cc2)cc(-c2ccc3ncnn3c2)c1. The number of carbonyl (C=O) groups excluding carboxylic acids is 2. The van der Waals surface area contributed by atoms with Gasteiger partial charge < -0.3 is 10.1 Å². The molecule has 160 valence electrons. The zero-order chi connectivity index (χ0) is 22.5. The normalized spacial score (nSPS) is 11.1. The third-order valence-corrected chi connectivity index (χ3v) is 5.01. The number of hydrogen-bond acceptors (Lipinski definition) is 5. The van der Waals surface area contributed by atoms with Gasteiger partial charge in [-0.3, -0.25) is 4.79 Å². The summed E-state index contributed by atoms with van der Waals surface area (Å²) < 4.78 is 6.35. The van der Waals surface area contributed by atoms with Crippen molar-refractivity contribution < 1.29 is 14.3 Å². The molecular formula is C25H22N4O3. The average molecular weight is 426 g/mol. The molecule has 0 spiro atoms. The minimum Gasteiger partial charge on any atom is -0.466 e. The van der Waals surface area contributed by atoms with Crippen molar-refractivity contribution in [2.24, 2.45) is 0 Å². The molecular weight excluding hydrogens is 404 g/mol. The molecule has 7 heteroatoms. The highest BCUT2D eigenvalue weighted by Crippen LogP contribution is 2.24. The first kappa shape index (κ1) is 21.0. The van der Waals surface area contributed by atoms with Crippen LogP contribution in [0.3, 0.4) is 0 Å². The Bertz CT molecular complexity index is 1310. The zero-order valence-corrected chi connectivity index (χ0v) is 17.8. The van der Waals surface area contributed by atoms with Gasteiger partial charge in [0.1, 0.15) is 6.33 Å². The number of esters is 1. The van der Waals surface area contributed by atoms with E-state index in [2.05, 4.69) is 20.1 Å². The summed E-state index contributed by atoms with van der Waals surface area (Å²) in [5.41, 5.74) is 5.77. The molecule has 0 aliphatic rings. The smallest absolute Gasteiger partial charge is 0.330 e. The molecule has 4 rings (SSSR count). The lowest BCUT2D eigenvalue weighted by Crippen LogP contribution is -2.22. The number of hydrogen-bond donors (Lipinski definition) is 1. The number of benzene rings is 2. The van der Waals surface area contributed by atoms with E-state index in [1.807, 2.05) is 61.7 Å². The van der Waals surface area contributed by atoms with Crippen molar-refractivity contribution in [3.05, 3.63) is 95.5 Å². The number of nitrogens with zero attached hydrogens (tertiary/aromatic N) is 3. The van der Waals surface area contributed by atoms with Crippen LogP contribution >= 0.6 is 0 Å². The molecule has 1 N–H and O–H groups in total. The van der Waals surface area contributed by atoms with Crippen LogP contribution in [0.1, 0.15) is 27.0 Å². The van der Waals surface area contributed by atoms with Crippen LogP contribution in [0.25, 0.3) is 22.9 Å². The predicted octanol–water partition coefficient (Wildman–Crippen LogP) is 3.82. The van der Waals surface area contributed by atoms with E-state index < -0.39 is 5.97 Å². The van der Waals surface area contributed by atoms with Gasteiger partial charge in [-0.05, 0) is 60.0 Å². The lowest BCUT2D eigenvalue weighted by atomic mass is 10.00. The second-order valence-corrected chi connectivity index (χ2v) is 7.35. The van der Waals surface area contributed by atoms with Crippen molar-refractivity contribution >= 4 is 23.6 Å². The molecule has 0 saturated carbocycles. The Hall–Kier alpha value is -4.26. The molecule has 0 bridgehead atoms. The number of aromatic nitrogens is 3. The Morgan fingerprint density at radius 2 is 1.88 bits per heavy atom. The summed E-state index contributed by atoms with van der Waals surface area (Å²) in [5, 5.41) is 7.14. The average Bonchev–Trinajstić information content (AvgIpc) is 3.29. The van der Waals surface area contributed by atoms with Crippen molar-refractivity contribution in [1.29, 1.82) is 0 Å². The summed E-state index contributed by atoms with van der Waals surface area (Å²) in [5.74, 6) is -0.674. The largest absolute Gasteiger partial charge is 0.466 e. The van der Waals surface area contributed by atoms with Crippen molar-refractivity contribution in [3.8, 4) is 11.1 Å². The van der Waals surface area contributed by atoms with Crippen LogP contribution < -0.4 is 5.32 Å². The van der Waals surface area contributed by atoms with E-state index in [0.717, 1.165) is 22.3 Å². The highest BCUT2D eigenvalue weighted by molar-refractivity contribution is 5.97. The maximum absolute atomic E-state index is 12.9. The molecule has 32 heavy (non-hydrogen) atoms. The standard InChI is InChI=1S/C25H22N4O3/c1-17-3-5-18(6-4-17)14-26-25(31)22-12-19(7-10-24(30)32-2)11-21(13-22)20-8-9-23-27-16-28-29(23)15-20/h3-13,15-16H,14H2,1-2H3,(H,26,31)/b10-7+. The fourth-order valence-electron chi connectivity index (χ4n) is 3.26. The number of ether oxygens (including phenoxy) is 1. The molecule has 0 saturated heterocycles. The molecule has 0 fully saturated rings. The number of fused-ring (bicyclic) bond motifs is 1.